The minimum atomic E-state index is -1.07. The van der Waals surface area contributed by atoms with Crippen LogP contribution in [0.1, 0.15) is 36.0 Å². The number of carboxylic acid groups (broad SMARTS) is 1. The van der Waals surface area contributed by atoms with Crippen molar-refractivity contribution in [3.05, 3.63) is 95.6 Å². The van der Waals surface area contributed by atoms with Crippen LogP contribution in [0.2, 0.25) is 0 Å². The Labute approximate surface area is 238 Å². The summed E-state index contributed by atoms with van der Waals surface area (Å²) < 4.78 is 16.9. The highest BCUT2D eigenvalue weighted by atomic mass is 16.6. The van der Waals surface area contributed by atoms with E-state index in [0.717, 1.165) is 27.8 Å². The first-order valence-corrected chi connectivity index (χ1v) is 13.8. The fourth-order valence-electron chi connectivity index (χ4n) is 5.52. The Kier molecular flexibility index (Phi) is 8.96. The summed E-state index contributed by atoms with van der Waals surface area (Å²) in [6.45, 7) is 2.47. The number of hydrogen-bond acceptors (Lipinski definition) is 6. The van der Waals surface area contributed by atoms with E-state index in [1.807, 2.05) is 66.7 Å². The molecule has 0 saturated carbocycles. The van der Waals surface area contributed by atoms with Crippen molar-refractivity contribution in [2.24, 2.45) is 5.92 Å². The van der Waals surface area contributed by atoms with E-state index in [1.165, 1.54) is 0 Å². The predicted octanol–water partition coefficient (Wildman–Crippen LogP) is 4.10. The molecular weight excluding hydrogens is 524 g/mol. The SMILES string of the molecule is CC(OCc1ccccc1)C(NC(=O)OCC1c2ccccc2-c2ccccc21)C(=O)NCC1CCOC1C(=O)O. The maximum absolute atomic E-state index is 13.3. The van der Waals surface area contributed by atoms with Crippen LogP contribution in [0, 0.1) is 5.92 Å². The summed E-state index contributed by atoms with van der Waals surface area (Å²) >= 11 is 0. The van der Waals surface area contributed by atoms with Gasteiger partial charge in [0.05, 0.1) is 12.7 Å². The zero-order valence-corrected chi connectivity index (χ0v) is 22.8. The van der Waals surface area contributed by atoms with Crippen LogP contribution in [0.5, 0.6) is 0 Å². The van der Waals surface area contributed by atoms with E-state index in [1.54, 1.807) is 6.92 Å². The van der Waals surface area contributed by atoms with Crippen molar-refractivity contribution in [1.82, 2.24) is 10.6 Å². The molecule has 2 amide bonds. The molecule has 5 rings (SSSR count). The minimum absolute atomic E-state index is 0.101. The molecule has 2 aliphatic rings. The van der Waals surface area contributed by atoms with Crippen LogP contribution in [0.25, 0.3) is 11.1 Å². The van der Waals surface area contributed by atoms with E-state index in [-0.39, 0.29) is 31.6 Å². The van der Waals surface area contributed by atoms with E-state index < -0.39 is 36.2 Å². The molecule has 1 aliphatic heterocycles. The average molecular weight is 559 g/mol. The Hall–Kier alpha value is -4.21. The van der Waals surface area contributed by atoms with Crippen molar-refractivity contribution in [2.45, 2.75) is 44.1 Å². The van der Waals surface area contributed by atoms with Gasteiger partial charge in [0.15, 0.2) is 6.10 Å². The van der Waals surface area contributed by atoms with Crippen LogP contribution < -0.4 is 10.6 Å². The molecule has 4 unspecified atom stereocenters. The number of aliphatic carboxylic acids is 1. The number of carbonyl (C=O) groups excluding carboxylic acids is 2. The second-order valence-corrected chi connectivity index (χ2v) is 10.4. The van der Waals surface area contributed by atoms with Gasteiger partial charge in [0.1, 0.15) is 12.6 Å². The van der Waals surface area contributed by atoms with Gasteiger partial charge in [-0.25, -0.2) is 9.59 Å². The molecule has 1 aliphatic carbocycles. The highest BCUT2D eigenvalue weighted by Gasteiger charge is 2.36. The van der Waals surface area contributed by atoms with Crippen LogP contribution in [-0.4, -0.2) is 61.1 Å². The fourth-order valence-corrected chi connectivity index (χ4v) is 5.52. The van der Waals surface area contributed by atoms with Crippen molar-refractivity contribution in [3.63, 3.8) is 0 Å². The average Bonchev–Trinajstić information content (AvgIpc) is 3.60. The molecule has 0 radical (unpaired) electrons. The minimum Gasteiger partial charge on any atom is -0.479 e. The Morgan fingerprint density at radius 3 is 2.24 bits per heavy atom. The van der Waals surface area contributed by atoms with Crippen molar-refractivity contribution in [2.75, 3.05) is 19.8 Å². The van der Waals surface area contributed by atoms with Gasteiger partial charge in [-0.1, -0.05) is 78.9 Å². The van der Waals surface area contributed by atoms with Crippen molar-refractivity contribution >= 4 is 18.0 Å². The fraction of sp³-hybridized carbons (Fsp3) is 0.344. The van der Waals surface area contributed by atoms with Crippen LogP contribution in [0.4, 0.5) is 4.79 Å². The number of amides is 2. The Morgan fingerprint density at radius 1 is 0.951 bits per heavy atom. The lowest BCUT2D eigenvalue weighted by molar-refractivity contribution is -0.149. The number of carboxylic acids is 1. The third-order valence-electron chi connectivity index (χ3n) is 7.72. The molecule has 0 aromatic heterocycles. The molecule has 0 spiro atoms. The van der Waals surface area contributed by atoms with Gasteiger partial charge in [0.2, 0.25) is 5.91 Å². The van der Waals surface area contributed by atoms with Crippen LogP contribution in [0.3, 0.4) is 0 Å². The molecule has 214 valence electrons. The van der Waals surface area contributed by atoms with E-state index in [9.17, 15) is 19.5 Å². The van der Waals surface area contributed by atoms with Gasteiger partial charge >= 0.3 is 12.1 Å². The van der Waals surface area contributed by atoms with Crippen LogP contribution in [0.15, 0.2) is 78.9 Å². The lowest BCUT2D eigenvalue weighted by Crippen LogP contribution is -2.54. The monoisotopic (exact) mass is 558 g/mol. The molecule has 1 fully saturated rings. The topological polar surface area (TPSA) is 123 Å². The van der Waals surface area contributed by atoms with Gasteiger partial charge in [-0.2, -0.15) is 0 Å². The normalized spacial score (nSPS) is 19.0. The quantitative estimate of drug-likeness (QED) is 0.324. The standard InChI is InChI=1S/C32H34N2O7/c1-20(40-18-21-9-3-2-4-10-21)28(30(35)33-17-22-15-16-39-29(22)31(36)37)34-32(38)41-19-27-25-13-7-5-11-23(25)24-12-6-8-14-26(24)27/h2-14,20,22,27-29H,15-19H2,1H3,(H,33,35)(H,34,38)(H,36,37). The molecule has 41 heavy (non-hydrogen) atoms. The van der Waals surface area contributed by atoms with E-state index >= 15 is 0 Å². The smallest absolute Gasteiger partial charge is 0.407 e. The Bertz CT molecular complexity index is 1330. The predicted molar refractivity (Wildman–Crippen MR) is 151 cm³/mol. The molecule has 9 heteroatoms. The van der Waals surface area contributed by atoms with E-state index in [4.69, 9.17) is 14.2 Å². The summed E-state index contributed by atoms with van der Waals surface area (Å²) in [5.41, 5.74) is 5.33. The largest absolute Gasteiger partial charge is 0.479 e. The number of rotatable bonds is 11. The first kappa shape index (κ1) is 28.3. The highest BCUT2D eigenvalue weighted by Crippen LogP contribution is 2.44. The van der Waals surface area contributed by atoms with Gasteiger partial charge in [-0.05, 0) is 41.2 Å². The van der Waals surface area contributed by atoms with Gasteiger partial charge in [-0.15, -0.1) is 0 Å². The molecule has 3 aromatic rings. The first-order valence-electron chi connectivity index (χ1n) is 13.8. The molecule has 3 aromatic carbocycles. The molecule has 9 nitrogen and oxygen atoms in total. The second kappa shape index (κ2) is 13.0. The molecule has 4 atom stereocenters. The molecule has 1 heterocycles. The van der Waals surface area contributed by atoms with Crippen molar-refractivity contribution in [3.8, 4) is 11.1 Å². The number of carbonyl (C=O) groups is 3. The van der Waals surface area contributed by atoms with Gasteiger partial charge in [0.25, 0.3) is 0 Å². The van der Waals surface area contributed by atoms with Crippen molar-refractivity contribution < 1.29 is 33.7 Å². The lowest BCUT2D eigenvalue weighted by Gasteiger charge is -2.26. The summed E-state index contributed by atoms with van der Waals surface area (Å²) in [6, 6.07) is 24.5. The maximum atomic E-state index is 13.3. The summed E-state index contributed by atoms with van der Waals surface area (Å²) in [5, 5.41) is 14.9. The molecular formula is C32H34N2O7. The molecule has 0 bridgehead atoms. The summed E-state index contributed by atoms with van der Waals surface area (Å²) in [7, 11) is 0. The summed E-state index contributed by atoms with van der Waals surface area (Å²) in [6.07, 6.45) is -1.90. The van der Waals surface area contributed by atoms with E-state index in [2.05, 4.69) is 22.8 Å². The zero-order chi connectivity index (χ0) is 28.8. The Morgan fingerprint density at radius 2 is 1.59 bits per heavy atom. The number of fused-ring (bicyclic) bond motifs is 3. The molecule has 1 saturated heterocycles. The molecule has 3 N–H and O–H groups in total. The number of alkyl carbamates (subject to hydrolysis) is 1. The zero-order valence-electron chi connectivity index (χ0n) is 22.8. The van der Waals surface area contributed by atoms with Gasteiger partial charge in [-0.3, -0.25) is 4.79 Å². The second-order valence-electron chi connectivity index (χ2n) is 10.4. The van der Waals surface area contributed by atoms with Crippen LogP contribution in [-0.2, 0) is 30.4 Å². The number of nitrogens with one attached hydrogen (secondary N) is 2. The van der Waals surface area contributed by atoms with E-state index in [0.29, 0.717) is 13.0 Å². The van der Waals surface area contributed by atoms with Crippen molar-refractivity contribution in [1.29, 1.82) is 0 Å². The number of benzene rings is 3. The van der Waals surface area contributed by atoms with Gasteiger partial charge in [0, 0.05) is 25.0 Å². The third kappa shape index (κ3) is 6.58. The van der Waals surface area contributed by atoms with Gasteiger partial charge < -0.3 is 30.0 Å². The Balaban J connectivity index is 1.24. The third-order valence-corrected chi connectivity index (χ3v) is 7.72. The number of ether oxygens (including phenoxy) is 3. The summed E-state index contributed by atoms with van der Waals surface area (Å²) in [5.74, 6) is -2.04. The lowest BCUT2D eigenvalue weighted by atomic mass is 9.98. The highest BCUT2D eigenvalue weighted by molar-refractivity contribution is 5.86. The number of hydrogen-bond donors (Lipinski definition) is 3. The maximum Gasteiger partial charge on any atom is 0.407 e. The summed E-state index contributed by atoms with van der Waals surface area (Å²) in [4.78, 5) is 37.8. The van der Waals surface area contributed by atoms with Crippen LogP contribution >= 0.6 is 0 Å². The first-order chi connectivity index (χ1) is 19.9.